The topological polar surface area (TPSA) is 77.8 Å². The van der Waals surface area contributed by atoms with Gasteiger partial charge >= 0.3 is 5.97 Å². The molecule has 6 heteroatoms. The Morgan fingerprint density at radius 2 is 1.96 bits per heavy atom. The quantitative estimate of drug-likeness (QED) is 0.789. The van der Waals surface area contributed by atoms with Gasteiger partial charge in [-0.25, -0.2) is 4.79 Å². The van der Waals surface area contributed by atoms with Crippen LogP contribution >= 0.6 is 0 Å². The molecule has 1 amide bonds. The molecule has 0 spiro atoms. The van der Waals surface area contributed by atoms with Gasteiger partial charge in [0.15, 0.2) is 13.2 Å². The largest absolute Gasteiger partial charge is 0.482 e. The van der Waals surface area contributed by atoms with Crippen molar-refractivity contribution < 1.29 is 23.5 Å². The number of carbonyl (C=O) groups excluding carboxylic acids is 2. The molecule has 0 aliphatic carbocycles. The maximum Gasteiger partial charge on any atom is 0.344 e. The highest BCUT2D eigenvalue weighted by Gasteiger charge is 2.14. The number of hydrogen-bond acceptors (Lipinski definition) is 5. The van der Waals surface area contributed by atoms with Crippen LogP contribution in [0.5, 0.6) is 5.75 Å². The van der Waals surface area contributed by atoms with Gasteiger partial charge < -0.3 is 19.2 Å². The first kappa shape index (κ1) is 17.6. The molecule has 1 aromatic carbocycles. The molecule has 1 aromatic heterocycles. The number of benzene rings is 1. The molecule has 0 bridgehead atoms. The number of rotatable bonds is 7. The molecule has 0 fully saturated rings. The molecular weight excluding hydrogens is 310 g/mol. The SMILES string of the molecule is Cc1ccc(OCC(=O)OCC(=O)N[C@@H](C)c2ccco2)cc1C. The number of amides is 1. The predicted molar refractivity (Wildman–Crippen MR) is 87.6 cm³/mol. The third kappa shape index (κ3) is 5.15. The number of hydrogen-bond donors (Lipinski definition) is 1. The van der Waals surface area contributed by atoms with Crippen molar-refractivity contribution in [3.8, 4) is 5.75 Å². The van der Waals surface area contributed by atoms with Crippen LogP contribution in [0.25, 0.3) is 0 Å². The highest BCUT2D eigenvalue weighted by molar-refractivity contribution is 5.81. The Kier molecular flexibility index (Phi) is 6.01. The Hall–Kier alpha value is -2.76. The fourth-order valence-electron chi connectivity index (χ4n) is 2.03. The highest BCUT2D eigenvalue weighted by atomic mass is 16.6. The number of aryl methyl sites for hydroxylation is 2. The normalized spacial score (nSPS) is 11.6. The lowest BCUT2D eigenvalue weighted by Gasteiger charge is -2.12. The molecule has 1 N–H and O–H groups in total. The molecule has 128 valence electrons. The Bertz CT molecular complexity index is 693. The van der Waals surface area contributed by atoms with Crippen molar-refractivity contribution in [2.45, 2.75) is 26.8 Å². The lowest BCUT2D eigenvalue weighted by molar-refractivity contribution is -0.150. The second-order valence-corrected chi connectivity index (χ2v) is 5.50. The molecule has 0 saturated carbocycles. The van der Waals surface area contributed by atoms with E-state index >= 15 is 0 Å². The number of nitrogens with one attached hydrogen (secondary N) is 1. The molecule has 24 heavy (non-hydrogen) atoms. The van der Waals surface area contributed by atoms with Gasteiger partial charge in [0.25, 0.3) is 5.91 Å². The van der Waals surface area contributed by atoms with Crippen LogP contribution in [-0.2, 0) is 14.3 Å². The van der Waals surface area contributed by atoms with Gasteiger partial charge in [0.1, 0.15) is 11.5 Å². The van der Waals surface area contributed by atoms with E-state index in [9.17, 15) is 9.59 Å². The van der Waals surface area contributed by atoms with Crippen molar-refractivity contribution in [3.05, 3.63) is 53.5 Å². The van der Waals surface area contributed by atoms with Crippen LogP contribution in [0.1, 0.15) is 29.9 Å². The summed E-state index contributed by atoms with van der Waals surface area (Å²) in [5.41, 5.74) is 2.22. The molecule has 1 heterocycles. The van der Waals surface area contributed by atoms with E-state index in [2.05, 4.69) is 5.32 Å². The molecule has 0 saturated heterocycles. The minimum Gasteiger partial charge on any atom is -0.482 e. The minimum atomic E-state index is -0.603. The monoisotopic (exact) mass is 331 g/mol. The van der Waals surface area contributed by atoms with Crippen LogP contribution in [0, 0.1) is 13.8 Å². The summed E-state index contributed by atoms with van der Waals surface area (Å²) in [5, 5.41) is 2.67. The number of esters is 1. The molecule has 0 aliphatic heterocycles. The fourth-order valence-corrected chi connectivity index (χ4v) is 2.03. The van der Waals surface area contributed by atoms with Gasteiger partial charge in [0.2, 0.25) is 0 Å². The molecule has 2 rings (SSSR count). The van der Waals surface area contributed by atoms with Crippen molar-refractivity contribution in [1.29, 1.82) is 0 Å². The first-order valence-corrected chi connectivity index (χ1v) is 7.64. The van der Waals surface area contributed by atoms with Crippen molar-refractivity contribution in [1.82, 2.24) is 5.32 Å². The van der Waals surface area contributed by atoms with Crippen LogP contribution in [0.2, 0.25) is 0 Å². The second-order valence-electron chi connectivity index (χ2n) is 5.50. The summed E-state index contributed by atoms with van der Waals surface area (Å²) in [6, 6.07) is 8.75. The molecule has 2 aromatic rings. The van der Waals surface area contributed by atoms with Crippen molar-refractivity contribution in [2.24, 2.45) is 0 Å². The zero-order chi connectivity index (χ0) is 17.5. The summed E-state index contributed by atoms with van der Waals surface area (Å²) in [7, 11) is 0. The average molecular weight is 331 g/mol. The molecule has 0 unspecified atom stereocenters. The fraction of sp³-hybridized carbons (Fsp3) is 0.333. The van der Waals surface area contributed by atoms with Crippen LogP contribution in [0.3, 0.4) is 0 Å². The number of carbonyl (C=O) groups is 2. The van der Waals surface area contributed by atoms with Gasteiger partial charge in [0.05, 0.1) is 12.3 Å². The van der Waals surface area contributed by atoms with E-state index in [1.54, 1.807) is 25.1 Å². The molecular formula is C18H21NO5. The third-order valence-electron chi connectivity index (χ3n) is 3.55. The van der Waals surface area contributed by atoms with Gasteiger partial charge in [-0.15, -0.1) is 0 Å². The van der Waals surface area contributed by atoms with Gasteiger partial charge in [0, 0.05) is 0 Å². The summed E-state index contributed by atoms with van der Waals surface area (Å²) in [5.74, 6) is 0.214. The standard InChI is InChI=1S/C18H21NO5/c1-12-6-7-15(9-13(12)2)23-11-18(21)24-10-17(20)19-14(3)16-5-4-8-22-16/h4-9,14H,10-11H2,1-3H3,(H,19,20)/t14-/m0/s1. The smallest absolute Gasteiger partial charge is 0.344 e. The predicted octanol–water partition coefficient (Wildman–Crippen LogP) is 2.70. The van der Waals surface area contributed by atoms with Gasteiger partial charge in [-0.3, -0.25) is 4.79 Å². The highest BCUT2D eigenvalue weighted by Crippen LogP contribution is 2.16. The Balaban J connectivity index is 1.70. The number of furan rings is 1. The van der Waals surface area contributed by atoms with Gasteiger partial charge in [-0.05, 0) is 56.2 Å². The van der Waals surface area contributed by atoms with Crippen molar-refractivity contribution >= 4 is 11.9 Å². The summed E-state index contributed by atoms with van der Waals surface area (Å²) in [4.78, 5) is 23.4. The van der Waals surface area contributed by atoms with Crippen LogP contribution in [-0.4, -0.2) is 25.1 Å². The maximum absolute atomic E-state index is 11.7. The van der Waals surface area contributed by atoms with Crippen molar-refractivity contribution in [2.75, 3.05) is 13.2 Å². The van der Waals surface area contributed by atoms with E-state index in [-0.39, 0.29) is 19.3 Å². The third-order valence-corrected chi connectivity index (χ3v) is 3.55. The van der Waals surface area contributed by atoms with E-state index in [1.165, 1.54) is 6.26 Å². The van der Waals surface area contributed by atoms with Crippen LogP contribution in [0.15, 0.2) is 41.0 Å². The van der Waals surface area contributed by atoms with Gasteiger partial charge in [-0.1, -0.05) is 6.07 Å². The van der Waals surface area contributed by atoms with E-state index in [0.29, 0.717) is 11.5 Å². The van der Waals surface area contributed by atoms with Gasteiger partial charge in [-0.2, -0.15) is 0 Å². The lowest BCUT2D eigenvalue weighted by Crippen LogP contribution is -2.31. The zero-order valence-electron chi connectivity index (χ0n) is 14.0. The molecule has 6 nitrogen and oxygen atoms in total. The van der Waals surface area contributed by atoms with E-state index in [1.807, 2.05) is 26.0 Å². The van der Waals surface area contributed by atoms with E-state index in [0.717, 1.165) is 11.1 Å². The molecule has 0 aliphatic rings. The summed E-state index contributed by atoms with van der Waals surface area (Å²) in [6.45, 7) is 5.13. The molecule has 1 atom stereocenters. The summed E-state index contributed by atoms with van der Waals surface area (Å²) < 4.78 is 15.4. The Morgan fingerprint density at radius 3 is 2.62 bits per heavy atom. The zero-order valence-corrected chi connectivity index (χ0v) is 14.0. The van der Waals surface area contributed by atoms with Crippen LogP contribution < -0.4 is 10.1 Å². The Morgan fingerprint density at radius 1 is 1.17 bits per heavy atom. The van der Waals surface area contributed by atoms with E-state index in [4.69, 9.17) is 13.9 Å². The maximum atomic E-state index is 11.7. The average Bonchev–Trinajstić information content (AvgIpc) is 3.08. The van der Waals surface area contributed by atoms with Crippen LogP contribution in [0.4, 0.5) is 0 Å². The van der Waals surface area contributed by atoms with Crippen molar-refractivity contribution in [3.63, 3.8) is 0 Å². The summed E-state index contributed by atoms with van der Waals surface area (Å²) in [6.07, 6.45) is 1.53. The second kappa shape index (κ2) is 8.19. The minimum absolute atomic E-state index is 0.247. The molecule has 0 radical (unpaired) electrons. The Labute approximate surface area is 140 Å². The lowest BCUT2D eigenvalue weighted by atomic mass is 10.1. The first-order valence-electron chi connectivity index (χ1n) is 7.64. The number of ether oxygens (including phenoxy) is 2. The summed E-state index contributed by atoms with van der Waals surface area (Å²) >= 11 is 0. The van der Waals surface area contributed by atoms with E-state index < -0.39 is 11.9 Å². The first-order chi connectivity index (χ1) is 11.5.